The van der Waals surface area contributed by atoms with Crippen molar-refractivity contribution in [3.63, 3.8) is 0 Å². The van der Waals surface area contributed by atoms with Crippen molar-refractivity contribution in [2.75, 3.05) is 5.33 Å². The van der Waals surface area contributed by atoms with E-state index in [-0.39, 0.29) is 17.7 Å². The summed E-state index contributed by atoms with van der Waals surface area (Å²) in [7, 11) is 0. The highest BCUT2D eigenvalue weighted by Crippen LogP contribution is 2.05. The Morgan fingerprint density at radius 1 is 1.06 bits per heavy atom. The van der Waals surface area contributed by atoms with E-state index in [0.29, 0.717) is 5.33 Å². The first-order chi connectivity index (χ1) is 7.29. The average molecular weight is 364 g/mol. The molecule has 6 nitrogen and oxygen atoms in total. The Kier molecular flexibility index (Phi) is 11.8. The first-order valence-electron chi connectivity index (χ1n) is 4.03. The van der Waals surface area contributed by atoms with Gasteiger partial charge in [0.2, 0.25) is 0 Å². The molecular weight excluding hydrogens is 352 g/mol. The third kappa shape index (κ3) is 18.9. The molecule has 0 aliphatic rings. The second-order valence-corrected chi connectivity index (χ2v) is 4.31. The molecule has 0 rings (SSSR count). The van der Waals surface area contributed by atoms with E-state index in [0.717, 1.165) is 0 Å². The molecule has 0 amide bonds. The Morgan fingerprint density at radius 2 is 1.44 bits per heavy atom. The minimum Gasteiger partial charge on any atom is -0.481 e. The van der Waals surface area contributed by atoms with Crippen molar-refractivity contribution < 1.29 is 30.0 Å². The lowest BCUT2D eigenvalue weighted by molar-refractivity contribution is -0.143. The number of carboxylic acid groups (broad SMARTS) is 2. The maximum absolute atomic E-state index is 9.64. The Hall–Kier alpha value is -0.760. The fraction of sp³-hybridized carbons (Fsp3) is 0.500. The molecule has 1 atom stereocenters. The van der Waals surface area contributed by atoms with Gasteiger partial charge in [-0.3, -0.25) is 9.59 Å². The molecule has 16 heavy (non-hydrogen) atoms. The van der Waals surface area contributed by atoms with E-state index in [1.165, 1.54) is 6.08 Å². The van der Waals surface area contributed by atoms with Crippen molar-refractivity contribution in [3.8, 4) is 0 Å². The van der Waals surface area contributed by atoms with Crippen molar-refractivity contribution >= 4 is 43.8 Å². The third-order valence-corrected chi connectivity index (χ3v) is 3.18. The molecule has 0 saturated carbocycles. The van der Waals surface area contributed by atoms with Crippen LogP contribution in [0.5, 0.6) is 0 Å². The minimum atomic E-state index is -1.08. The number of allylic oxidation sites excluding steroid dienone is 1. The number of halogens is 2. The van der Waals surface area contributed by atoms with Crippen LogP contribution in [-0.4, -0.2) is 42.5 Å². The van der Waals surface area contributed by atoms with Gasteiger partial charge in [0, 0.05) is 16.2 Å². The first-order valence-corrected chi connectivity index (χ1v) is 6.06. The molecule has 8 heteroatoms. The van der Waals surface area contributed by atoms with Gasteiger partial charge in [-0.15, -0.1) is 0 Å². The van der Waals surface area contributed by atoms with Crippen LogP contribution in [0.15, 0.2) is 12.0 Å². The predicted octanol–water partition coefficient (Wildman–Crippen LogP) is 2.04. The van der Waals surface area contributed by atoms with E-state index in [4.69, 9.17) is 20.4 Å². The van der Waals surface area contributed by atoms with Gasteiger partial charge in [0.25, 0.3) is 5.95 Å². The predicted molar refractivity (Wildman–Crippen MR) is 64.4 cm³/mol. The molecule has 0 aromatic rings. The molecule has 0 aliphatic heterocycles. The van der Waals surface area contributed by atoms with Crippen molar-refractivity contribution in [2.45, 2.75) is 17.7 Å². The molecule has 0 radical (unpaired) electrons. The summed E-state index contributed by atoms with van der Waals surface area (Å²) in [6, 6.07) is 0. The average Bonchev–Trinajstić information content (AvgIpc) is 2.14. The molecule has 0 fully saturated rings. The van der Waals surface area contributed by atoms with Crippen molar-refractivity contribution in [1.82, 2.24) is 0 Å². The van der Waals surface area contributed by atoms with Crippen LogP contribution in [0.4, 0.5) is 0 Å². The number of aliphatic carboxylic acids is 2. The summed E-state index contributed by atoms with van der Waals surface area (Å²) in [5, 5.41) is 32.9. The normalized spacial score (nSPS) is 10.6. The van der Waals surface area contributed by atoms with Crippen LogP contribution in [0, 0.1) is 0 Å². The van der Waals surface area contributed by atoms with E-state index in [1.54, 1.807) is 0 Å². The van der Waals surface area contributed by atoms with Crippen LogP contribution in [0.3, 0.4) is 0 Å². The van der Waals surface area contributed by atoms with Crippen LogP contribution in [0.25, 0.3) is 0 Å². The van der Waals surface area contributed by atoms with Gasteiger partial charge in [-0.1, -0.05) is 31.9 Å². The maximum atomic E-state index is 9.64. The lowest BCUT2D eigenvalue weighted by Crippen LogP contribution is -2.00. The number of carbonyl (C=O) groups is 2. The van der Waals surface area contributed by atoms with Gasteiger partial charge in [0.1, 0.15) is 0 Å². The summed E-state index contributed by atoms with van der Waals surface area (Å²) in [5.41, 5.74) is 0. The molecule has 0 bridgehead atoms. The van der Waals surface area contributed by atoms with Crippen LogP contribution in [0.1, 0.15) is 12.8 Å². The molecule has 0 spiro atoms. The van der Waals surface area contributed by atoms with Crippen LogP contribution >= 0.6 is 31.9 Å². The first kappa shape index (κ1) is 17.6. The topological polar surface area (TPSA) is 115 Å². The van der Waals surface area contributed by atoms with Crippen LogP contribution in [0.2, 0.25) is 0 Å². The zero-order chi connectivity index (χ0) is 13.1. The smallest absolute Gasteiger partial charge is 0.303 e. The molecular formula is C8H12Br2O6. The highest BCUT2D eigenvalue weighted by atomic mass is 79.9. The van der Waals surface area contributed by atoms with Gasteiger partial charge in [-0.25, -0.2) is 0 Å². The third-order valence-electron chi connectivity index (χ3n) is 1.03. The number of hydrogen-bond donors (Lipinski definition) is 4. The zero-order valence-electron chi connectivity index (χ0n) is 8.14. The molecule has 94 valence electrons. The highest BCUT2D eigenvalue weighted by molar-refractivity contribution is 9.12. The lowest BCUT2D eigenvalue weighted by Gasteiger charge is -1.94. The summed E-state index contributed by atoms with van der Waals surface area (Å²) >= 11 is 6.26. The van der Waals surface area contributed by atoms with Crippen LogP contribution in [-0.2, 0) is 9.59 Å². The Morgan fingerprint density at radius 3 is 1.56 bits per heavy atom. The maximum Gasteiger partial charge on any atom is 0.303 e. The van der Waals surface area contributed by atoms with Crippen LogP contribution < -0.4 is 0 Å². The molecule has 1 unspecified atom stereocenters. The van der Waals surface area contributed by atoms with Crippen molar-refractivity contribution in [2.24, 2.45) is 0 Å². The Labute approximate surface area is 109 Å². The molecule has 0 heterocycles. The fourth-order valence-electron chi connectivity index (χ4n) is 0.420. The quantitative estimate of drug-likeness (QED) is 0.439. The number of carboxylic acids is 2. The lowest BCUT2D eigenvalue weighted by atomic mass is 10.3. The Bertz CT molecular complexity index is 235. The van der Waals surface area contributed by atoms with E-state index >= 15 is 0 Å². The van der Waals surface area contributed by atoms with E-state index in [2.05, 4.69) is 31.9 Å². The molecule has 0 saturated heterocycles. The van der Waals surface area contributed by atoms with Crippen molar-refractivity contribution in [1.29, 1.82) is 0 Å². The summed E-state index contributed by atoms with van der Waals surface area (Å²) in [5.74, 6) is -2.80. The standard InChI is InChI=1S/C4H6Br2O2.C4H6O4/c5-2-3(6)1-4(7)8;5-3(6)1-2-4(7)8/h1,3,7-8H,2H2;1-2H2,(H,5,6)(H,7,8). The van der Waals surface area contributed by atoms with Gasteiger partial charge in [-0.05, 0) is 0 Å². The molecule has 0 aromatic carbocycles. The van der Waals surface area contributed by atoms with Gasteiger partial charge >= 0.3 is 11.9 Å². The van der Waals surface area contributed by atoms with Crippen molar-refractivity contribution in [3.05, 3.63) is 12.0 Å². The summed E-state index contributed by atoms with van der Waals surface area (Å²) < 4.78 is 0. The fourth-order valence-corrected chi connectivity index (χ4v) is 0.843. The Balaban J connectivity index is 0. The molecule has 0 aromatic heterocycles. The minimum absolute atomic E-state index is 0.00694. The number of alkyl halides is 2. The monoisotopic (exact) mass is 362 g/mol. The summed E-state index contributed by atoms with van der Waals surface area (Å²) in [4.78, 5) is 19.3. The molecule has 4 N–H and O–H groups in total. The van der Waals surface area contributed by atoms with Gasteiger partial charge in [0.05, 0.1) is 12.8 Å². The second kappa shape index (κ2) is 10.7. The van der Waals surface area contributed by atoms with E-state index < -0.39 is 17.9 Å². The number of aliphatic hydroxyl groups excluding tert-OH is 1. The van der Waals surface area contributed by atoms with E-state index in [1.807, 2.05) is 0 Å². The van der Waals surface area contributed by atoms with Gasteiger partial charge < -0.3 is 20.4 Å². The van der Waals surface area contributed by atoms with Gasteiger partial charge in [-0.2, -0.15) is 0 Å². The second-order valence-electron chi connectivity index (χ2n) is 2.48. The summed E-state index contributed by atoms with van der Waals surface area (Å²) in [6.07, 6.45) is 0.694. The number of aliphatic hydroxyl groups is 2. The zero-order valence-corrected chi connectivity index (χ0v) is 11.3. The highest BCUT2D eigenvalue weighted by Gasteiger charge is 2.00. The summed E-state index contributed by atoms with van der Waals surface area (Å²) in [6.45, 7) is 0. The largest absolute Gasteiger partial charge is 0.481 e. The SMILES string of the molecule is O=C(O)CCC(=O)O.OC(O)=CC(Br)CBr. The molecule has 0 aliphatic carbocycles. The number of hydrogen-bond acceptors (Lipinski definition) is 4. The van der Waals surface area contributed by atoms with Gasteiger partial charge in [0.15, 0.2) is 0 Å². The number of rotatable bonds is 5. The van der Waals surface area contributed by atoms with E-state index in [9.17, 15) is 9.59 Å².